The van der Waals surface area contributed by atoms with Crippen molar-refractivity contribution in [2.75, 3.05) is 12.4 Å². The molecule has 80 valence electrons. The molecule has 1 N–H and O–H groups in total. The molecule has 1 amide bonds. The van der Waals surface area contributed by atoms with E-state index in [-0.39, 0.29) is 17.9 Å². The predicted octanol–water partition coefficient (Wildman–Crippen LogP) is 1.35. The minimum atomic E-state index is -0.156. The molecule has 0 saturated heterocycles. The maximum absolute atomic E-state index is 10.9. The number of benzene rings is 1. The number of carbonyl (C=O) groups is 1. The van der Waals surface area contributed by atoms with Crippen LogP contribution in [0.4, 0.5) is 0 Å². The quantitative estimate of drug-likeness (QED) is 0.789. The van der Waals surface area contributed by atoms with E-state index in [0.717, 1.165) is 12.2 Å². The summed E-state index contributed by atoms with van der Waals surface area (Å²) in [5.41, 5.74) is 1.20. The van der Waals surface area contributed by atoms with Gasteiger partial charge in [0.1, 0.15) is 17.7 Å². The van der Waals surface area contributed by atoms with E-state index in [1.165, 1.54) is 5.56 Å². The fraction of sp³-hybridized carbons (Fsp3) is 0.364. The van der Waals surface area contributed by atoms with Crippen molar-refractivity contribution < 1.29 is 9.53 Å². The third-order valence-electron chi connectivity index (χ3n) is 2.36. The Balaban J connectivity index is 1.88. The first-order chi connectivity index (χ1) is 7.29. The summed E-state index contributed by atoms with van der Waals surface area (Å²) in [5.74, 6) is 0.762. The summed E-state index contributed by atoms with van der Waals surface area (Å²) >= 11 is 5.37. The number of amides is 1. The van der Waals surface area contributed by atoms with Gasteiger partial charge >= 0.3 is 0 Å². The van der Waals surface area contributed by atoms with Gasteiger partial charge in [-0.2, -0.15) is 0 Å². The van der Waals surface area contributed by atoms with Crippen molar-refractivity contribution in [3.8, 4) is 5.75 Å². The van der Waals surface area contributed by atoms with Crippen molar-refractivity contribution >= 4 is 17.5 Å². The Morgan fingerprint density at radius 2 is 2.33 bits per heavy atom. The molecule has 0 fully saturated rings. The summed E-state index contributed by atoms with van der Waals surface area (Å²) < 4.78 is 5.64. The van der Waals surface area contributed by atoms with Gasteiger partial charge in [-0.25, -0.2) is 0 Å². The topological polar surface area (TPSA) is 38.3 Å². The Morgan fingerprint density at radius 1 is 1.53 bits per heavy atom. The van der Waals surface area contributed by atoms with Gasteiger partial charge in [-0.1, -0.05) is 18.2 Å². The van der Waals surface area contributed by atoms with Crippen LogP contribution >= 0.6 is 11.6 Å². The molecule has 1 atom stereocenters. The maximum Gasteiger partial charge on any atom is 0.235 e. The lowest BCUT2D eigenvalue weighted by Gasteiger charge is -2.10. The summed E-state index contributed by atoms with van der Waals surface area (Å²) in [6.07, 6.45) is 0.883. The smallest absolute Gasteiger partial charge is 0.235 e. The van der Waals surface area contributed by atoms with Gasteiger partial charge in [0.05, 0.1) is 6.54 Å². The van der Waals surface area contributed by atoms with Crippen LogP contribution < -0.4 is 10.1 Å². The van der Waals surface area contributed by atoms with Crippen molar-refractivity contribution in [3.63, 3.8) is 0 Å². The van der Waals surface area contributed by atoms with Crippen molar-refractivity contribution in [2.45, 2.75) is 12.5 Å². The zero-order valence-corrected chi connectivity index (χ0v) is 8.96. The second kappa shape index (κ2) is 4.53. The average molecular weight is 226 g/mol. The number of hydrogen-bond donors (Lipinski definition) is 1. The number of rotatable bonds is 3. The Labute approximate surface area is 93.4 Å². The van der Waals surface area contributed by atoms with E-state index in [1.807, 2.05) is 24.3 Å². The fourth-order valence-electron chi connectivity index (χ4n) is 1.64. The molecule has 4 heteroatoms. The van der Waals surface area contributed by atoms with E-state index < -0.39 is 0 Å². The molecule has 1 aliphatic heterocycles. The highest BCUT2D eigenvalue weighted by Gasteiger charge is 2.22. The summed E-state index contributed by atoms with van der Waals surface area (Å²) in [5, 5.41) is 2.71. The molecule has 0 aromatic heterocycles. The number of alkyl halides is 1. The van der Waals surface area contributed by atoms with Gasteiger partial charge in [-0.3, -0.25) is 4.79 Å². The van der Waals surface area contributed by atoms with Crippen LogP contribution in [0.25, 0.3) is 0 Å². The number of fused-ring (bicyclic) bond motifs is 1. The largest absolute Gasteiger partial charge is 0.488 e. The summed E-state index contributed by atoms with van der Waals surface area (Å²) in [7, 11) is 0. The van der Waals surface area contributed by atoms with Gasteiger partial charge < -0.3 is 10.1 Å². The molecule has 2 rings (SSSR count). The van der Waals surface area contributed by atoms with Crippen LogP contribution in [0.15, 0.2) is 24.3 Å². The molecular weight excluding hydrogens is 214 g/mol. The number of carbonyl (C=O) groups excluding carboxylic acids is 1. The SMILES string of the molecule is O=C(CCl)NC[C@@H]1Cc2ccccc2O1. The number of nitrogens with one attached hydrogen (secondary N) is 1. The molecule has 0 saturated carbocycles. The zero-order valence-electron chi connectivity index (χ0n) is 8.20. The van der Waals surface area contributed by atoms with Crippen LogP contribution in [0, 0.1) is 0 Å². The van der Waals surface area contributed by atoms with Crippen LogP contribution in [-0.2, 0) is 11.2 Å². The second-order valence-electron chi connectivity index (χ2n) is 3.49. The van der Waals surface area contributed by atoms with E-state index in [4.69, 9.17) is 16.3 Å². The number of para-hydroxylation sites is 1. The standard InChI is InChI=1S/C11H12ClNO2/c12-6-11(14)13-7-9-5-8-3-1-2-4-10(8)15-9/h1-4,9H,5-7H2,(H,13,14)/t9-/m0/s1. The van der Waals surface area contributed by atoms with E-state index in [0.29, 0.717) is 6.54 Å². The van der Waals surface area contributed by atoms with E-state index >= 15 is 0 Å². The number of ether oxygens (including phenoxy) is 1. The Kier molecular flexibility index (Phi) is 3.11. The molecule has 0 spiro atoms. The van der Waals surface area contributed by atoms with E-state index in [1.54, 1.807) is 0 Å². The van der Waals surface area contributed by atoms with Crippen molar-refractivity contribution in [1.29, 1.82) is 0 Å². The minimum absolute atomic E-state index is 0.000329. The van der Waals surface area contributed by atoms with E-state index in [2.05, 4.69) is 5.32 Å². The Bertz CT molecular complexity index is 342. The van der Waals surface area contributed by atoms with Gasteiger partial charge in [-0.15, -0.1) is 11.6 Å². The predicted molar refractivity (Wildman–Crippen MR) is 58.3 cm³/mol. The van der Waals surface area contributed by atoms with Crippen LogP contribution in [0.1, 0.15) is 5.56 Å². The number of hydrogen-bond acceptors (Lipinski definition) is 2. The molecule has 1 aromatic rings. The summed E-state index contributed by atoms with van der Waals surface area (Å²) in [6, 6.07) is 7.91. The zero-order chi connectivity index (χ0) is 10.7. The van der Waals surface area contributed by atoms with Crippen molar-refractivity contribution in [1.82, 2.24) is 5.32 Å². The van der Waals surface area contributed by atoms with Crippen LogP contribution in [0.5, 0.6) is 5.75 Å². The lowest BCUT2D eigenvalue weighted by atomic mass is 10.1. The highest BCUT2D eigenvalue weighted by molar-refractivity contribution is 6.27. The van der Waals surface area contributed by atoms with Crippen LogP contribution in [0.3, 0.4) is 0 Å². The van der Waals surface area contributed by atoms with Crippen molar-refractivity contribution in [2.24, 2.45) is 0 Å². The Morgan fingerprint density at radius 3 is 3.07 bits per heavy atom. The third kappa shape index (κ3) is 2.42. The molecule has 1 heterocycles. The molecule has 0 bridgehead atoms. The average Bonchev–Trinajstić information content (AvgIpc) is 2.68. The number of halogens is 1. The van der Waals surface area contributed by atoms with Gasteiger partial charge in [0.2, 0.25) is 5.91 Å². The Hall–Kier alpha value is -1.22. The highest BCUT2D eigenvalue weighted by Crippen LogP contribution is 2.27. The second-order valence-corrected chi connectivity index (χ2v) is 3.76. The molecule has 0 unspecified atom stereocenters. The molecular formula is C11H12ClNO2. The first-order valence-electron chi connectivity index (χ1n) is 4.87. The van der Waals surface area contributed by atoms with E-state index in [9.17, 15) is 4.79 Å². The molecule has 15 heavy (non-hydrogen) atoms. The molecule has 0 radical (unpaired) electrons. The highest BCUT2D eigenvalue weighted by atomic mass is 35.5. The fourth-order valence-corrected chi connectivity index (χ4v) is 1.74. The third-order valence-corrected chi connectivity index (χ3v) is 2.60. The molecule has 1 aromatic carbocycles. The van der Waals surface area contributed by atoms with Gasteiger partial charge in [0.15, 0.2) is 0 Å². The van der Waals surface area contributed by atoms with Crippen LogP contribution in [0.2, 0.25) is 0 Å². The lowest BCUT2D eigenvalue weighted by Crippen LogP contribution is -2.35. The molecule has 1 aliphatic rings. The van der Waals surface area contributed by atoms with Gasteiger partial charge in [0, 0.05) is 6.42 Å². The maximum atomic E-state index is 10.9. The first-order valence-corrected chi connectivity index (χ1v) is 5.40. The monoisotopic (exact) mass is 225 g/mol. The van der Waals surface area contributed by atoms with Crippen LogP contribution in [-0.4, -0.2) is 24.4 Å². The van der Waals surface area contributed by atoms with Gasteiger partial charge in [-0.05, 0) is 11.6 Å². The first kappa shape index (κ1) is 10.3. The van der Waals surface area contributed by atoms with Gasteiger partial charge in [0.25, 0.3) is 0 Å². The lowest BCUT2D eigenvalue weighted by molar-refractivity contribution is -0.119. The molecule has 0 aliphatic carbocycles. The summed E-state index contributed by atoms with van der Waals surface area (Å²) in [6.45, 7) is 0.514. The summed E-state index contributed by atoms with van der Waals surface area (Å²) in [4.78, 5) is 10.9. The molecule has 3 nitrogen and oxygen atoms in total. The minimum Gasteiger partial charge on any atom is -0.488 e. The van der Waals surface area contributed by atoms with Crippen molar-refractivity contribution in [3.05, 3.63) is 29.8 Å². The normalized spacial score (nSPS) is 18.1.